The molecular weight excluding hydrogens is 354 g/mol. The Balaban J connectivity index is 1.20. The van der Waals surface area contributed by atoms with Crippen LogP contribution in [0.25, 0.3) is 0 Å². The molecule has 2 N–H and O–H groups in total. The second-order valence-corrected chi connectivity index (χ2v) is 7.35. The van der Waals surface area contributed by atoms with Crippen molar-refractivity contribution < 1.29 is 14.3 Å². The van der Waals surface area contributed by atoms with Crippen LogP contribution in [0.2, 0.25) is 0 Å². The van der Waals surface area contributed by atoms with Gasteiger partial charge in [-0.3, -0.25) is 4.79 Å². The fraction of sp³-hybridized carbons (Fsp3) is 0.364. The molecule has 0 bridgehead atoms. The number of piperidine rings is 1. The molecule has 1 fully saturated rings. The number of hydrogen-bond acceptors (Lipinski definition) is 3. The van der Waals surface area contributed by atoms with Crippen LogP contribution < -0.4 is 15.4 Å². The fourth-order valence-corrected chi connectivity index (χ4v) is 3.79. The fourth-order valence-electron chi connectivity index (χ4n) is 3.79. The average Bonchev–Trinajstić information content (AvgIpc) is 3.16. The third kappa shape index (κ3) is 4.27. The first-order valence-corrected chi connectivity index (χ1v) is 9.82. The first kappa shape index (κ1) is 18.3. The van der Waals surface area contributed by atoms with E-state index in [1.807, 2.05) is 48.5 Å². The largest absolute Gasteiger partial charge is 0.488 e. The zero-order valence-electron chi connectivity index (χ0n) is 15.8. The number of anilines is 1. The van der Waals surface area contributed by atoms with Gasteiger partial charge in [-0.2, -0.15) is 0 Å². The van der Waals surface area contributed by atoms with E-state index in [4.69, 9.17) is 4.74 Å². The van der Waals surface area contributed by atoms with Gasteiger partial charge in [-0.1, -0.05) is 36.4 Å². The van der Waals surface area contributed by atoms with Gasteiger partial charge in [0, 0.05) is 31.1 Å². The highest BCUT2D eigenvalue weighted by atomic mass is 16.5. The Kier molecular flexibility index (Phi) is 5.46. The number of nitrogens with one attached hydrogen (secondary N) is 2. The number of para-hydroxylation sites is 2. The van der Waals surface area contributed by atoms with Gasteiger partial charge in [0.05, 0.1) is 6.54 Å². The van der Waals surface area contributed by atoms with Gasteiger partial charge < -0.3 is 20.3 Å². The zero-order valence-corrected chi connectivity index (χ0v) is 15.8. The molecule has 2 aromatic carbocycles. The van der Waals surface area contributed by atoms with Crippen LogP contribution in [0.4, 0.5) is 10.5 Å². The number of nitrogens with zero attached hydrogens (tertiary/aromatic N) is 1. The molecule has 2 aliphatic rings. The summed E-state index contributed by atoms with van der Waals surface area (Å²) in [5.41, 5.74) is 2.00. The molecule has 0 aromatic heterocycles. The quantitative estimate of drug-likeness (QED) is 0.858. The molecular formula is C22H25N3O3. The number of hydrogen-bond donors (Lipinski definition) is 2. The van der Waals surface area contributed by atoms with Gasteiger partial charge >= 0.3 is 6.03 Å². The summed E-state index contributed by atoms with van der Waals surface area (Å²) in [6.07, 6.45) is 2.16. The van der Waals surface area contributed by atoms with E-state index in [-0.39, 0.29) is 24.0 Å². The van der Waals surface area contributed by atoms with E-state index < -0.39 is 0 Å². The first-order chi connectivity index (χ1) is 13.7. The van der Waals surface area contributed by atoms with Crippen LogP contribution in [0.3, 0.4) is 0 Å². The van der Waals surface area contributed by atoms with Gasteiger partial charge in [0.2, 0.25) is 5.91 Å². The zero-order chi connectivity index (χ0) is 19.3. The predicted molar refractivity (Wildman–Crippen MR) is 107 cm³/mol. The number of ether oxygens (including phenoxy) is 1. The Bertz CT molecular complexity index is 807. The first-order valence-electron chi connectivity index (χ1n) is 9.82. The number of fused-ring (bicyclic) bond motifs is 1. The van der Waals surface area contributed by atoms with Crippen LogP contribution in [-0.4, -0.2) is 42.6 Å². The minimum atomic E-state index is -0.0820. The molecule has 0 saturated carbocycles. The Labute approximate surface area is 164 Å². The van der Waals surface area contributed by atoms with Crippen molar-refractivity contribution >= 4 is 17.6 Å². The number of rotatable bonds is 4. The van der Waals surface area contributed by atoms with Crippen LogP contribution in [0.1, 0.15) is 18.4 Å². The van der Waals surface area contributed by atoms with Gasteiger partial charge in [-0.25, -0.2) is 4.79 Å². The summed E-state index contributed by atoms with van der Waals surface area (Å²) in [7, 11) is 0. The number of benzene rings is 2. The SMILES string of the molecule is O=C(Nc1ccccc1)C1CCN(C(=O)NCC2Cc3ccccc3O2)CC1. The number of carbonyl (C=O) groups excluding carboxylic acids is 2. The van der Waals surface area contributed by atoms with Gasteiger partial charge in [-0.05, 0) is 36.6 Å². The highest BCUT2D eigenvalue weighted by Crippen LogP contribution is 2.27. The molecule has 2 heterocycles. The molecule has 146 valence electrons. The lowest BCUT2D eigenvalue weighted by Crippen LogP contribution is -2.48. The van der Waals surface area contributed by atoms with Crippen molar-refractivity contribution in [2.45, 2.75) is 25.4 Å². The second kappa shape index (κ2) is 8.33. The van der Waals surface area contributed by atoms with Gasteiger partial charge in [0.1, 0.15) is 11.9 Å². The molecule has 2 aliphatic heterocycles. The summed E-state index contributed by atoms with van der Waals surface area (Å²) in [6.45, 7) is 1.66. The summed E-state index contributed by atoms with van der Waals surface area (Å²) < 4.78 is 5.86. The minimum Gasteiger partial charge on any atom is -0.488 e. The van der Waals surface area contributed by atoms with Gasteiger partial charge in [-0.15, -0.1) is 0 Å². The van der Waals surface area contributed by atoms with Crippen LogP contribution in [0.5, 0.6) is 5.75 Å². The minimum absolute atomic E-state index is 0.0180. The van der Waals surface area contributed by atoms with Crippen LogP contribution in [0, 0.1) is 5.92 Å². The van der Waals surface area contributed by atoms with E-state index in [9.17, 15) is 9.59 Å². The molecule has 0 spiro atoms. The van der Waals surface area contributed by atoms with Crippen molar-refractivity contribution in [3.8, 4) is 5.75 Å². The molecule has 28 heavy (non-hydrogen) atoms. The lowest BCUT2D eigenvalue weighted by molar-refractivity contribution is -0.121. The van der Waals surface area contributed by atoms with Crippen molar-refractivity contribution in [3.05, 3.63) is 60.2 Å². The van der Waals surface area contributed by atoms with E-state index in [1.54, 1.807) is 4.90 Å². The van der Waals surface area contributed by atoms with Crippen molar-refractivity contribution in [2.75, 3.05) is 25.0 Å². The number of carbonyl (C=O) groups is 2. The maximum absolute atomic E-state index is 12.5. The normalized spacial score (nSPS) is 18.9. The molecule has 1 atom stereocenters. The number of likely N-dealkylation sites (tertiary alicyclic amines) is 1. The Morgan fingerprint density at radius 1 is 1.00 bits per heavy atom. The van der Waals surface area contributed by atoms with Crippen molar-refractivity contribution in [1.29, 1.82) is 0 Å². The molecule has 0 radical (unpaired) electrons. The summed E-state index contributed by atoms with van der Waals surface area (Å²) in [5.74, 6) is 0.882. The summed E-state index contributed by atoms with van der Waals surface area (Å²) in [4.78, 5) is 26.6. The van der Waals surface area contributed by atoms with Gasteiger partial charge in [0.15, 0.2) is 0 Å². The van der Waals surface area contributed by atoms with Crippen LogP contribution >= 0.6 is 0 Å². The summed E-state index contributed by atoms with van der Waals surface area (Å²) >= 11 is 0. The summed E-state index contributed by atoms with van der Waals surface area (Å²) in [6, 6.07) is 17.4. The standard InChI is InChI=1S/C22H25N3O3/c26-21(24-18-7-2-1-3-8-18)16-10-12-25(13-11-16)22(27)23-15-19-14-17-6-4-5-9-20(17)28-19/h1-9,16,19H,10-15H2,(H,23,27)(H,24,26). The smallest absolute Gasteiger partial charge is 0.317 e. The lowest BCUT2D eigenvalue weighted by Gasteiger charge is -2.31. The van der Waals surface area contributed by atoms with E-state index in [0.29, 0.717) is 32.5 Å². The second-order valence-electron chi connectivity index (χ2n) is 7.35. The van der Waals surface area contributed by atoms with Crippen LogP contribution in [-0.2, 0) is 11.2 Å². The molecule has 1 saturated heterocycles. The molecule has 6 heteroatoms. The van der Waals surface area contributed by atoms with E-state index in [2.05, 4.69) is 16.7 Å². The average molecular weight is 379 g/mol. The number of urea groups is 1. The predicted octanol–water partition coefficient (Wildman–Crippen LogP) is 3.05. The Hall–Kier alpha value is -3.02. The maximum Gasteiger partial charge on any atom is 0.317 e. The molecule has 2 aromatic rings. The number of amides is 3. The molecule has 0 aliphatic carbocycles. The van der Waals surface area contributed by atoms with E-state index in [1.165, 1.54) is 5.56 Å². The van der Waals surface area contributed by atoms with Crippen molar-refractivity contribution in [3.63, 3.8) is 0 Å². The molecule has 1 unspecified atom stereocenters. The van der Waals surface area contributed by atoms with Gasteiger partial charge in [0.25, 0.3) is 0 Å². The van der Waals surface area contributed by atoms with Crippen molar-refractivity contribution in [2.24, 2.45) is 5.92 Å². The molecule has 6 nitrogen and oxygen atoms in total. The Morgan fingerprint density at radius 3 is 2.46 bits per heavy atom. The third-order valence-electron chi connectivity index (χ3n) is 5.39. The highest BCUT2D eigenvalue weighted by Gasteiger charge is 2.28. The van der Waals surface area contributed by atoms with E-state index in [0.717, 1.165) is 17.9 Å². The molecule has 3 amide bonds. The molecule has 4 rings (SSSR count). The maximum atomic E-state index is 12.5. The third-order valence-corrected chi connectivity index (χ3v) is 5.39. The highest BCUT2D eigenvalue weighted by molar-refractivity contribution is 5.92. The summed E-state index contributed by atoms with van der Waals surface area (Å²) in [5, 5.41) is 5.93. The van der Waals surface area contributed by atoms with Crippen molar-refractivity contribution in [1.82, 2.24) is 10.2 Å². The van der Waals surface area contributed by atoms with E-state index >= 15 is 0 Å². The monoisotopic (exact) mass is 379 g/mol. The topological polar surface area (TPSA) is 70.7 Å². The Morgan fingerprint density at radius 2 is 1.71 bits per heavy atom. The van der Waals surface area contributed by atoms with Crippen LogP contribution in [0.15, 0.2) is 54.6 Å². The lowest BCUT2D eigenvalue weighted by atomic mass is 9.96.